The van der Waals surface area contributed by atoms with Gasteiger partial charge in [-0.25, -0.2) is 0 Å². The van der Waals surface area contributed by atoms with Gasteiger partial charge in [-0.1, -0.05) is 11.6 Å². The predicted molar refractivity (Wildman–Crippen MR) is 85.2 cm³/mol. The second kappa shape index (κ2) is 5.46. The fourth-order valence-electron chi connectivity index (χ4n) is 2.13. The van der Waals surface area contributed by atoms with Crippen LogP contribution < -0.4 is 5.32 Å². The Hall–Kier alpha value is -1.52. The van der Waals surface area contributed by atoms with Crippen LogP contribution in [0.25, 0.3) is 10.9 Å². The van der Waals surface area contributed by atoms with Crippen LogP contribution in [0.3, 0.4) is 0 Å². The second-order valence-corrected chi connectivity index (χ2v) is 5.69. The number of nitrogens with zero attached hydrogens (tertiary/aromatic N) is 1. The fourth-order valence-corrected chi connectivity index (χ4v) is 2.66. The topological polar surface area (TPSA) is 38.1 Å². The number of hydrogen-bond donors (Lipinski definition) is 1. The Labute approximate surface area is 130 Å². The summed E-state index contributed by atoms with van der Waals surface area (Å²) >= 11 is 9.48. The maximum Gasteiger partial charge on any atom is 0.169 e. The summed E-state index contributed by atoms with van der Waals surface area (Å²) < 4.78 is 6.29. The van der Waals surface area contributed by atoms with Crippen molar-refractivity contribution in [3.8, 4) is 0 Å². The van der Waals surface area contributed by atoms with Crippen LogP contribution in [0, 0.1) is 0 Å². The molecule has 0 bridgehead atoms. The summed E-state index contributed by atoms with van der Waals surface area (Å²) in [6, 6.07) is 11.6. The molecule has 1 N–H and O–H groups in total. The maximum atomic E-state index is 6.17. The van der Waals surface area contributed by atoms with Crippen molar-refractivity contribution in [3.63, 3.8) is 0 Å². The van der Waals surface area contributed by atoms with E-state index >= 15 is 0 Å². The summed E-state index contributed by atoms with van der Waals surface area (Å²) in [5, 5.41) is 5.08. The summed E-state index contributed by atoms with van der Waals surface area (Å²) in [6.45, 7) is 2.04. The van der Waals surface area contributed by atoms with E-state index < -0.39 is 0 Å². The Morgan fingerprint density at radius 3 is 2.85 bits per heavy atom. The molecule has 3 aromatic rings. The van der Waals surface area contributed by atoms with Gasteiger partial charge in [-0.05, 0) is 59.3 Å². The van der Waals surface area contributed by atoms with E-state index in [9.17, 15) is 0 Å². The van der Waals surface area contributed by atoms with E-state index in [0.717, 1.165) is 27.0 Å². The summed E-state index contributed by atoms with van der Waals surface area (Å²) in [5.74, 6) is 0.865. The first-order chi connectivity index (χ1) is 9.65. The lowest BCUT2D eigenvalue weighted by molar-refractivity contribution is 0.471. The molecular weight excluding hydrogens is 340 g/mol. The van der Waals surface area contributed by atoms with Gasteiger partial charge < -0.3 is 9.73 Å². The Morgan fingerprint density at radius 2 is 2.10 bits per heavy atom. The quantitative estimate of drug-likeness (QED) is 0.685. The molecule has 3 nitrogen and oxygen atoms in total. The van der Waals surface area contributed by atoms with E-state index in [-0.39, 0.29) is 6.04 Å². The Kier molecular flexibility index (Phi) is 3.68. The highest BCUT2D eigenvalue weighted by atomic mass is 79.9. The minimum absolute atomic E-state index is 0.0471. The number of nitrogens with one attached hydrogen (secondary N) is 1. The number of benzene rings is 1. The minimum Gasteiger partial charge on any atom is -0.452 e. The monoisotopic (exact) mass is 350 g/mol. The van der Waals surface area contributed by atoms with Gasteiger partial charge in [-0.15, -0.1) is 0 Å². The van der Waals surface area contributed by atoms with Crippen molar-refractivity contribution in [2.45, 2.75) is 13.0 Å². The standard InChI is InChI=1S/C15H12BrClN2O/c1-9(13-6-7-14(16)20-13)19-12-5-4-11(17)15-10(12)3-2-8-18-15/h2-9,19H,1H3. The molecule has 3 rings (SSSR count). The average Bonchev–Trinajstić information content (AvgIpc) is 2.89. The molecule has 20 heavy (non-hydrogen) atoms. The van der Waals surface area contributed by atoms with Gasteiger partial charge >= 0.3 is 0 Å². The zero-order valence-electron chi connectivity index (χ0n) is 10.7. The van der Waals surface area contributed by atoms with E-state index in [1.54, 1.807) is 6.20 Å². The van der Waals surface area contributed by atoms with Crippen LogP contribution in [0.5, 0.6) is 0 Å². The zero-order valence-corrected chi connectivity index (χ0v) is 13.1. The van der Waals surface area contributed by atoms with Crippen molar-refractivity contribution in [1.29, 1.82) is 0 Å². The van der Waals surface area contributed by atoms with E-state index in [1.165, 1.54) is 0 Å². The minimum atomic E-state index is 0.0471. The lowest BCUT2D eigenvalue weighted by atomic mass is 10.1. The highest BCUT2D eigenvalue weighted by Gasteiger charge is 2.12. The summed E-state index contributed by atoms with van der Waals surface area (Å²) in [4.78, 5) is 4.32. The molecule has 0 fully saturated rings. The summed E-state index contributed by atoms with van der Waals surface area (Å²) in [7, 11) is 0. The number of rotatable bonds is 3. The van der Waals surface area contributed by atoms with Crippen LogP contribution in [0.4, 0.5) is 5.69 Å². The largest absolute Gasteiger partial charge is 0.452 e. The lowest BCUT2D eigenvalue weighted by Gasteiger charge is -2.15. The first-order valence-electron chi connectivity index (χ1n) is 6.20. The van der Waals surface area contributed by atoms with Crippen LogP contribution in [-0.2, 0) is 0 Å². The smallest absolute Gasteiger partial charge is 0.169 e. The molecule has 1 aromatic carbocycles. The maximum absolute atomic E-state index is 6.17. The third kappa shape index (κ3) is 2.53. The van der Waals surface area contributed by atoms with Crippen molar-refractivity contribution in [1.82, 2.24) is 4.98 Å². The van der Waals surface area contributed by atoms with Gasteiger partial charge in [0.25, 0.3) is 0 Å². The molecule has 0 saturated heterocycles. The number of anilines is 1. The molecule has 1 unspecified atom stereocenters. The van der Waals surface area contributed by atoms with E-state index in [4.69, 9.17) is 16.0 Å². The molecule has 2 aromatic heterocycles. The molecule has 0 aliphatic carbocycles. The number of aromatic nitrogens is 1. The third-order valence-electron chi connectivity index (χ3n) is 3.11. The van der Waals surface area contributed by atoms with Crippen molar-refractivity contribution < 1.29 is 4.42 Å². The van der Waals surface area contributed by atoms with Crippen LogP contribution in [0.2, 0.25) is 5.02 Å². The van der Waals surface area contributed by atoms with Crippen molar-refractivity contribution >= 4 is 44.1 Å². The number of hydrogen-bond acceptors (Lipinski definition) is 3. The normalized spacial score (nSPS) is 12.6. The molecule has 0 spiro atoms. The fraction of sp³-hybridized carbons (Fsp3) is 0.133. The van der Waals surface area contributed by atoms with Crippen LogP contribution in [0.15, 0.2) is 51.7 Å². The lowest BCUT2D eigenvalue weighted by Crippen LogP contribution is -2.06. The highest BCUT2D eigenvalue weighted by molar-refractivity contribution is 9.10. The molecule has 0 radical (unpaired) electrons. The predicted octanol–water partition coefficient (Wildman–Crippen LogP) is 5.42. The molecular formula is C15H12BrClN2O. The first kappa shape index (κ1) is 13.5. The van der Waals surface area contributed by atoms with Crippen molar-refractivity contribution in [2.24, 2.45) is 0 Å². The number of halogens is 2. The zero-order chi connectivity index (χ0) is 14.1. The van der Waals surface area contributed by atoms with Gasteiger partial charge in [-0.3, -0.25) is 4.98 Å². The molecule has 5 heteroatoms. The van der Waals surface area contributed by atoms with Crippen molar-refractivity contribution in [2.75, 3.05) is 5.32 Å². The van der Waals surface area contributed by atoms with E-state index in [0.29, 0.717) is 5.02 Å². The van der Waals surface area contributed by atoms with Crippen LogP contribution in [0.1, 0.15) is 18.7 Å². The third-order valence-corrected chi connectivity index (χ3v) is 3.84. The average molecular weight is 352 g/mol. The molecule has 1 atom stereocenters. The number of furan rings is 1. The van der Waals surface area contributed by atoms with Gasteiger partial charge in [-0.2, -0.15) is 0 Å². The Balaban J connectivity index is 1.97. The van der Waals surface area contributed by atoms with Gasteiger partial charge in [0, 0.05) is 17.3 Å². The first-order valence-corrected chi connectivity index (χ1v) is 7.37. The van der Waals surface area contributed by atoms with E-state index in [1.807, 2.05) is 43.3 Å². The van der Waals surface area contributed by atoms with Crippen LogP contribution in [-0.4, -0.2) is 4.98 Å². The van der Waals surface area contributed by atoms with Gasteiger partial charge in [0.2, 0.25) is 0 Å². The van der Waals surface area contributed by atoms with Gasteiger partial charge in [0.15, 0.2) is 4.67 Å². The molecule has 0 aliphatic heterocycles. The molecule has 0 aliphatic rings. The van der Waals surface area contributed by atoms with Gasteiger partial charge in [0.05, 0.1) is 16.6 Å². The second-order valence-electron chi connectivity index (χ2n) is 4.50. The summed E-state index contributed by atoms with van der Waals surface area (Å²) in [5.41, 5.74) is 1.78. The summed E-state index contributed by atoms with van der Waals surface area (Å²) in [6.07, 6.45) is 1.74. The molecule has 0 saturated carbocycles. The Morgan fingerprint density at radius 1 is 1.25 bits per heavy atom. The molecule has 2 heterocycles. The number of pyridine rings is 1. The number of fused-ring (bicyclic) bond motifs is 1. The molecule has 0 amide bonds. The van der Waals surface area contributed by atoms with Crippen molar-refractivity contribution in [3.05, 3.63) is 58.0 Å². The molecule has 102 valence electrons. The van der Waals surface area contributed by atoms with E-state index in [2.05, 4.69) is 26.2 Å². The highest BCUT2D eigenvalue weighted by Crippen LogP contribution is 2.31. The van der Waals surface area contributed by atoms with Gasteiger partial charge in [0.1, 0.15) is 5.76 Å². The Bertz CT molecular complexity index is 756. The SMILES string of the molecule is CC(Nc1ccc(Cl)c2ncccc12)c1ccc(Br)o1. The van der Waals surface area contributed by atoms with Crippen LogP contribution >= 0.6 is 27.5 Å².